The molecule has 0 atom stereocenters. The van der Waals surface area contributed by atoms with Crippen LogP contribution >= 0.6 is 0 Å². The summed E-state index contributed by atoms with van der Waals surface area (Å²) in [5.41, 5.74) is 1.91. The van der Waals surface area contributed by atoms with Crippen molar-refractivity contribution in [1.82, 2.24) is 4.90 Å². The lowest BCUT2D eigenvalue weighted by Crippen LogP contribution is -2.25. The minimum Gasteiger partial charge on any atom is -0.388 e. The molecule has 1 aromatic carbocycles. The number of benzene rings is 1. The zero-order valence-corrected chi connectivity index (χ0v) is 10.9. The lowest BCUT2D eigenvalue weighted by Gasteiger charge is -2.14. The quantitative estimate of drug-likeness (QED) is 0.838. The third-order valence-electron chi connectivity index (χ3n) is 3.31. The van der Waals surface area contributed by atoms with Gasteiger partial charge < -0.3 is 15.5 Å². The highest BCUT2D eigenvalue weighted by molar-refractivity contribution is 5.90. The molecule has 0 bridgehead atoms. The number of hydrogen-bond donors (Lipinski definition) is 2. The van der Waals surface area contributed by atoms with Gasteiger partial charge >= 0.3 is 0 Å². The van der Waals surface area contributed by atoms with Crippen LogP contribution in [0, 0.1) is 0 Å². The predicted molar refractivity (Wildman–Crippen MR) is 74.9 cm³/mol. The second kappa shape index (κ2) is 6.40. The van der Waals surface area contributed by atoms with Gasteiger partial charge in [-0.3, -0.25) is 4.79 Å². The zero-order chi connectivity index (χ0) is 12.8. The second-order valence-electron chi connectivity index (χ2n) is 4.67. The van der Waals surface area contributed by atoms with Gasteiger partial charge in [0.05, 0.1) is 0 Å². The lowest BCUT2D eigenvalue weighted by atomic mass is 10.2. The predicted octanol–water partition coefficient (Wildman–Crippen LogP) is 2.15. The van der Waals surface area contributed by atoms with Gasteiger partial charge in [0.25, 0.3) is 0 Å². The van der Waals surface area contributed by atoms with Gasteiger partial charge in [0.15, 0.2) is 0 Å². The van der Waals surface area contributed by atoms with Crippen LogP contribution in [0.4, 0.5) is 11.4 Å². The largest absolute Gasteiger partial charge is 0.388 e. The van der Waals surface area contributed by atoms with E-state index >= 15 is 0 Å². The molecule has 18 heavy (non-hydrogen) atoms. The van der Waals surface area contributed by atoms with E-state index in [1.165, 1.54) is 12.8 Å². The average Bonchev–Trinajstić information content (AvgIpc) is 2.90. The molecule has 2 N–H and O–H groups in total. The molecule has 0 saturated carbocycles. The van der Waals surface area contributed by atoms with Crippen molar-refractivity contribution in [2.75, 3.05) is 37.3 Å². The molecule has 1 aliphatic heterocycles. The topological polar surface area (TPSA) is 44.4 Å². The molecule has 98 valence electrons. The number of nitrogens with one attached hydrogen (secondary N) is 2. The Balaban J connectivity index is 1.75. The summed E-state index contributed by atoms with van der Waals surface area (Å²) < 4.78 is 0. The Bertz CT molecular complexity index is 383. The van der Waals surface area contributed by atoms with Gasteiger partial charge in [-0.2, -0.15) is 0 Å². The van der Waals surface area contributed by atoms with E-state index in [2.05, 4.69) is 15.5 Å². The van der Waals surface area contributed by atoms with Crippen molar-refractivity contribution >= 4 is 17.3 Å². The summed E-state index contributed by atoms with van der Waals surface area (Å²) in [5.74, 6) is 0.0964. The van der Waals surface area contributed by atoms with Crippen molar-refractivity contribution in [2.24, 2.45) is 0 Å². The molecule has 0 unspecified atom stereocenters. The lowest BCUT2D eigenvalue weighted by molar-refractivity contribution is -0.116. The molecule has 2 rings (SSSR count). The van der Waals surface area contributed by atoms with Crippen LogP contribution in [0.2, 0.25) is 0 Å². The highest BCUT2D eigenvalue weighted by atomic mass is 16.1. The number of amides is 1. The fraction of sp³-hybridized carbons (Fsp3) is 0.500. The number of anilines is 2. The summed E-state index contributed by atoms with van der Waals surface area (Å²) in [6.07, 6.45) is 3.12. The van der Waals surface area contributed by atoms with Crippen molar-refractivity contribution in [2.45, 2.75) is 19.3 Å². The zero-order valence-electron chi connectivity index (χ0n) is 10.9. The van der Waals surface area contributed by atoms with E-state index in [0.29, 0.717) is 6.42 Å². The third kappa shape index (κ3) is 3.74. The van der Waals surface area contributed by atoms with E-state index in [1.807, 2.05) is 31.3 Å². The van der Waals surface area contributed by atoms with Crippen LogP contribution in [0.3, 0.4) is 0 Å². The number of carbonyl (C=O) groups is 1. The molecule has 1 saturated heterocycles. The molecule has 1 fully saturated rings. The monoisotopic (exact) mass is 247 g/mol. The Morgan fingerprint density at radius 2 is 1.78 bits per heavy atom. The minimum absolute atomic E-state index is 0.0964. The number of carbonyl (C=O) groups excluding carboxylic acids is 1. The van der Waals surface area contributed by atoms with E-state index in [1.54, 1.807) is 0 Å². The van der Waals surface area contributed by atoms with Crippen molar-refractivity contribution in [3.05, 3.63) is 24.3 Å². The summed E-state index contributed by atoms with van der Waals surface area (Å²) in [6.45, 7) is 3.16. The van der Waals surface area contributed by atoms with Gasteiger partial charge in [0.1, 0.15) is 0 Å². The molecule has 1 heterocycles. The fourth-order valence-corrected chi connectivity index (χ4v) is 2.21. The Labute approximate surface area is 108 Å². The van der Waals surface area contributed by atoms with Crippen molar-refractivity contribution in [3.63, 3.8) is 0 Å². The van der Waals surface area contributed by atoms with Crippen molar-refractivity contribution < 1.29 is 4.79 Å². The first kappa shape index (κ1) is 12.9. The van der Waals surface area contributed by atoms with E-state index in [-0.39, 0.29) is 5.91 Å². The van der Waals surface area contributed by atoms with Crippen LogP contribution < -0.4 is 10.6 Å². The SMILES string of the molecule is CNc1ccc(NC(=O)CCN2CCCC2)cc1. The maximum atomic E-state index is 11.8. The first-order chi connectivity index (χ1) is 8.78. The van der Waals surface area contributed by atoms with Gasteiger partial charge in [-0.15, -0.1) is 0 Å². The van der Waals surface area contributed by atoms with Crippen LogP contribution in [-0.4, -0.2) is 37.5 Å². The number of rotatable bonds is 5. The highest BCUT2D eigenvalue weighted by Gasteiger charge is 2.12. The number of likely N-dealkylation sites (tertiary alicyclic amines) is 1. The third-order valence-corrected chi connectivity index (χ3v) is 3.31. The molecule has 0 spiro atoms. The van der Waals surface area contributed by atoms with E-state index < -0.39 is 0 Å². The Kier molecular flexibility index (Phi) is 4.59. The fourth-order valence-electron chi connectivity index (χ4n) is 2.21. The maximum absolute atomic E-state index is 11.8. The van der Waals surface area contributed by atoms with Gasteiger partial charge in [-0.25, -0.2) is 0 Å². The molecular formula is C14H21N3O. The van der Waals surface area contributed by atoms with E-state index in [0.717, 1.165) is 31.0 Å². The van der Waals surface area contributed by atoms with Crippen LogP contribution in [0.25, 0.3) is 0 Å². The second-order valence-corrected chi connectivity index (χ2v) is 4.67. The van der Waals surface area contributed by atoms with Crippen molar-refractivity contribution in [1.29, 1.82) is 0 Å². The van der Waals surface area contributed by atoms with Crippen molar-refractivity contribution in [3.8, 4) is 0 Å². The van der Waals surface area contributed by atoms with E-state index in [9.17, 15) is 4.79 Å². The molecule has 4 heteroatoms. The van der Waals surface area contributed by atoms with Crippen LogP contribution in [0.15, 0.2) is 24.3 Å². The van der Waals surface area contributed by atoms with E-state index in [4.69, 9.17) is 0 Å². The van der Waals surface area contributed by atoms with Gasteiger partial charge in [-0.1, -0.05) is 0 Å². The summed E-state index contributed by atoms with van der Waals surface area (Å²) in [5, 5.41) is 5.97. The Morgan fingerprint density at radius 1 is 1.17 bits per heavy atom. The minimum atomic E-state index is 0.0964. The van der Waals surface area contributed by atoms with Crippen LogP contribution in [0.5, 0.6) is 0 Å². The summed E-state index contributed by atoms with van der Waals surface area (Å²) in [4.78, 5) is 14.1. The summed E-state index contributed by atoms with van der Waals surface area (Å²) in [7, 11) is 1.88. The average molecular weight is 247 g/mol. The summed E-state index contributed by atoms with van der Waals surface area (Å²) in [6, 6.07) is 7.74. The first-order valence-corrected chi connectivity index (χ1v) is 6.58. The Morgan fingerprint density at radius 3 is 2.39 bits per heavy atom. The highest BCUT2D eigenvalue weighted by Crippen LogP contribution is 2.13. The van der Waals surface area contributed by atoms with Gasteiger partial charge in [-0.05, 0) is 50.2 Å². The smallest absolute Gasteiger partial charge is 0.225 e. The molecule has 1 amide bonds. The van der Waals surface area contributed by atoms with Crippen LogP contribution in [-0.2, 0) is 4.79 Å². The molecule has 0 radical (unpaired) electrons. The molecule has 1 aliphatic rings. The molecule has 4 nitrogen and oxygen atoms in total. The maximum Gasteiger partial charge on any atom is 0.225 e. The number of nitrogens with zero attached hydrogens (tertiary/aromatic N) is 1. The van der Waals surface area contributed by atoms with Crippen LogP contribution in [0.1, 0.15) is 19.3 Å². The molecule has 0 aliphatic carbocycles. The summed E-state index contributed by atoms with van der Waals surface area (Å²) >= 11 is 0. The molecular weight excluding hydrogens is 226 g/mol. The molecule has 0 aromatic heterocycles. The Hall–Kier alpha value is -1.55. The van der Waals surface area contributed by atoms with Gasteiger partial charge in [0, 0.05) is 31.4 Å². The normalized spacial score (nSPS) is 15.6. The molecule has 1 aromatic rings. The standard InChI is InChI=1S/C14H21N3O/c1-15-12-4-6-13(7-5-12)16-14(18)8-11-17-9-2-3-10-17/h4-7,15H,2-3,8-11H2,1H3,(H,16,18). The van der Waals surface area contributed by atoms with Gasteiger partial charge in [0.2, 0.25) is 5.91 Å². The first-order valence-electron chi connectivity index (χ1n) is 6.58. The number of hydrogen-bond acceptors (Lipinski definition) is 3.